The van der Waals surface area contributed by atoms with Gasteiger partial charge in [0.05, 0.1) is 22.5 Å². The zero-order chi connectivity index (χ0) is 22.2. The molecule has 1 atom stereocenters. The van der Waals surface area contributed by atoms with Crippen molar-refractivity contribution in [3.63, 3.8) is 0 Å². The number of amides is 2. The van der Waals surface area contributed by atoms with Crippen LogP contribution in [0.2, 0.25) is 0 Å². The number of nitrogens with two attached hydrogens (primary N) is 1. The normalized spacial score (nSPS) is 14.6. The van der Waals surface area contributed by atoms with Crippen LogP contribution in [0.5, 0.6) is 0 Å². The van der Waals surface area contributed by atoms with Gasteiger partial charge in [0.1, 0.15) is 12.4 Å². The first kappa shape index (κ1) is 21.1. The Kier molecular flexibility index (Phi) is 5.38. The highest BCUT2D eigenvalue weighted by atomic mass is 19.4. The molecule has 0 bridgehead atoms. The van der Waals surface area contributed by atoms with Gasteiger partial charge in [0.15, 0.2) is 6.10 Å². The van der Waals surface area contributed by atoms with Crippen LogP contribution in [0, 0.1) is 5.82 Å². The Hall–Kier alpha value is -3.63. The van der Waals surface area contributed by atoms with Crippen LogP contribution in [0.4, 0.5) is 34.6 Å². The van der Waals surface area contributed by atoms with E-state index in [4.69, 9.17) is 10.5 Å². The summed E-state index contributed by atoms with van der Waals surface area (Å²) in [7, 11) is 0. The number of hydrogen-bond donors (Lipinski definition) is 2. The van der Waals surface area contributed by atoms with Gasteiger partial charge in [0.25, 0.3) is 5.91 Å². The zero-order valence-electron chi connectivity index (χ0n) is 15.4. The number of anilines is 3. The van der Waals surface area contributed by atoms with E-state index in [2.05, 4.69) is 5.32 Å². The molecule has 3 N–H and O–H groups in total. The molecule has 7 nitrogen and oxygen atoms in total. The minimum atomic E-state index is -4.63. The number of fused-ring (bicyclic) bond motifs is 1. The lowest BCUT2D eigenvalue weighted by Crippen LogP contribution is -2.47. The summed E-state index contributed by atoms with van der Waals surface area (Å²) in [5, 5.41) is 2.28. The average molecular weight is 425 g/mol. The van der Waals surface area contributed by atoms with Crippen LogP contribution in [0.15, 0.2) is 36.4 Å². The van der Waals surface area contributed by atoms with E-state index >= 15 is 0 Å². The van der Waals surface area contributed by atoms with E-state index in [1.54, 1.807) is 0 Å². The molecule has 1 aliphatic rings. The van der Waals surface area contributed by atoms with Crippen LogP contribution in [-0.4, -0.2) is 30.4 Å². The number of alkyl halides is 3. The SMILES string of the molecule is C[C@H](OC(=O)c1ccc(F)cc1N)C(=O)N1CC(=O)Nc2cc(C(F)(F)F)ccc21. The second-order valence-electron chi connectivity index (χ2n) is 6.48. The summed E-state index contributed by atoms with van der Waals surface area (Å²) in [5.74, 6) is -3.21. The summed E-state index contributed by atoms with van der Waals surface area (Å²) in [6.07, 6.45) is -6.03. The number of carbonyl (C=O) groups excluding carboxylic acids is 3. The molecule has 2 aromatic rings. The maximum absolute atomic E-state index is 13.1. The minimum Gasteiger partial charge on any atom is -0.449 e. The molecule has 0 radical (unpaired) electrons. The lowest BCUT2D eigenvalue weighted by molar-refractivity contribution is -0.137. The Morgan fingerprint density at radius 3 is 2.53 bits per heavy atom. The van der Waals surface area contributed by atoms with E-state index in [9.17, 15) is 31.9 Å². The molecule has 2 amide bonds. The lowest BCUT2D eigenvalue weighted by atomic mass is 10.1. The second kappa shape index (κ2) is 7.65. The first-order valence-electron chi connectivity index (χ1n) is 8.56. The third-order valence-electron chi connectivity index (χ3n) is 4.32. The third kappa shape index (κ3) is 4.19. The summed E-state index contributed by atoms with van der Waals surface area (Å²) in [4.78, 5) is 37.8. The van der Waals surface area contributed by atoms with Crippen molar-refractivity contribution in [3.05, 3.63) is 53.3 Å². The van der Waals surface area contributed by atoms with Gasteiger partial charge in [-0.3, -0.25) is 14.5 Å². The molecule has 0 spiro atoms. The molecule has 0 saturated carbocycles. The van der Waals surface area contributed by atoms with Gasteiger partial charge in [0, 0.05) is 5.69 Å². The number of nitrogen functional groups attached to an aromatic ring is 1. The van der Waals surface area contributed by atoms with E-state index in [1.807, 2.05) is 0 Å². The van der Waals surface area contributed by atoms with E-state index in [0.717, 1.165) is 35.2 Å². The number of esters is 1. The molecular formula is C19H15F4N3O4. The molecule has 1 heterocycles. The Labute approximate surface area is 167 Å². The quantitative estimate of drug-likeness (QED) is 0.447. The largest absolute Gasteiger partial charge is 0.449 e. The van der Waals surface area contributed by atoms with Crippen LogP contribution in [0.1, 0.15) is 22.8 Å². The Morgan fingerprint density at radius 2 is 1.90 bits per heavy atom. The first-order chi connectivity index (χ1) is 14.0. The molecule has 0 saturated heterocycles. The number of halogens is 4. The monoisotopic (exact) mass is 425 g/mol. The maximum Gasteiger partial charge on any atom is 0.416 e. The van der Waals surface area contributed by atoms with Crippen molar-refractivity contribution in [2.45, 2.75) is 19.2 Å². The number of ether oxygens (including phenoxy) is 1. The molecule has 2 aromatic carbocycles. The molecule has 158 valence electrons. The van der Waals surface area contributed by atoms with Gasteiger partial charge in [-0.15, -0.1) is 0 Å². The van der Waals surface area contributed by atoms with E-state index in [-0.39, 0.29) is 22.6 Å². The molecule has 1 aliphatic heterocycles. The van der Waals surface area contributed by atoms with Crippen LogP contribution < -0.4 is 16.0 Å². The third-order valence-corrected chi connectivity index (χ3v) is 4.32. The molecule has 0 fully saturated rings. The van der Waals surface area contributed by atoms with Crippen molar-refractivity contribution in [3.8, 4) is 0 Å². The fraction of sp³-hybridized carbons (Fsp3) is 0.211. The number of carbonyl (C=O) groups is 3. The number of benzene rings is 2. The molecule has 3 rings (SSSR count). The molecule has 0 aromatic heterocycles. The predicted molar refractivity (Wildman–Crippen MR) is 98.1 cm³/mol. The molecular weight excluding hydrogens is 410 g/mol. The van der Waals surface area contributed by atoms with Gasteiger partial charge < -0.3 is 15.8 Å². The molecule has 30 heavy (non-hydrogen) atoms. The van der Waals surface area contributed by atoms with E-state index < -0.39 is 48.0 Å². The number of hydrogen-bond acceptors (Lipinski definition) is 5. The lowest BCUT2D eigenvalue weighted by Gasteiger charge is -2.31. The summed E-state index contributed by atoms with van der Waals surface area (Å²) >= 11 is 0. The standard InChI is InChI=1S/C19H15F4N3O4/c1-9(30-18(29)12-4-3-11(20)7-13(12)24)17(28)26-8-16(27)25-14-6-10(19(21,22)23)2-5-15(14)26/h2-7,9H,8,24H2,1H3,(H,25,27)/t9-/m0/s1. The van der Waals surface area contributed by atoms with Crippen LogP contribution in [-0.2, 0) is 20.5 Å². The van der Waals surface area contributed by atoms with Crippen molar-refractivity contribution in [1.82, 2.24) is 0 Å². The molecule has 0 aliphatic carbocycles. The summed E-state index contributed by atoms with van der Waals surface area (Å²) in [6.45, 7) is 0.758. The second-order valence-corrected chi connectivity index (χ2v) is 6.48. The number of rotatable bonds is 3. The van der Waals surface area contributed by atoms with Gasteiger partial charge in [-0.1, -0.05) is 0 Å². The Balaban J connectivity index is 1.83. The summed E-state index contributed by atoms with van der Waals surface area (Å²) in [6, 6.07) is 5.51. The smallest absolute Gasteiger partial charge is 0.416 e. The van der Waals surface area contributed by atoms with Crippen molar-refractivity contribution < 1.29 is 36.7 Å². The predicted octanol–water partition coefficient (Wildman–Crippen LogP) is 2.96. The van der Waals surface area contributed by atoms with Crippen molar-refractivity contribution in [2.24, 2.45) is 0 Å². The fourth-order valence-electron chi connectivity index (χ4n) is 2.88. The van der Waals surface area contributed by atoms with Gasteiger partial charge in [0.2, 0.25) is 5.91 Å². The van der Waals surface area contributed by atoms with Crippen molar-refractivity contribution in [1.29, 1.82) is 0 Å². The van der Waals surface area contributed by atoms with Gasteiger partial charge in [-0.05, 0) is 43.3 Å². The average Bonchev–Trinajstić information content (AvgIpc) is 2.65. The van der Waals surface area contributed by atoms with Crippen LogP contribution >= 0.6 is 0 Å². The summed E-state index contributed by atoms with van der Waals surface area (Å²) < 4.78 is 56.9. The van der Waals surface area contributed by atoms with Crippen molar-refractivity contribution in [2.75, 3.05) is 22.5 Å². The number of nitrogens with one attached hydrogen (secondary N) is 1. The van der Waals surface area contributed by atoms with E-state index in [1.165, 1.54) is 6.92 Å². The van der Waals surface area contributed by atoms with Crippen molar-refractivity contribution >= 4 is 34.8 Å². The van der Waals surface area contributed by atoms with Gasteiger partial charge in [-0.25, -0.2) is 9.18 Å². The molecule has 11 heteroatoms. The van der Waals surface area contributed by atoms with Gasteiger partial charge >= 0.3 is 12.1 Å². The highest BCUT2D eigenvalue weighted by Gasteiger charge is 2.35. The Bertz CT molecular complexity index is 1040. The first-order valence-corrected chi connectivity index (χ1v) is 8.56. The van der Waals surface area contributed by atoms with Gasteiger partial charge in [-0.2, -0.15) is 13.2 Å². The van der Waals surface area contributed by atoms with Crippen LogP contribution in [0.25, 0.3) is 0 Å². The Morgan fingerprint density at radius 1 is 1.20 bits per heavy atom. The topological polar surface area (TPSA) is 102 Å². The minimum absolute atomic E-state index is 0.0248. The highest BCUT2D eigenvalue weighted by Crippen LogP contribution is 2.37. The highest BCUT2D eigenvalue weighted by molar-refractivity contribution is 6.11. The number of nitrogens with zero attached hydrogens (tertiary/aromatic N) is 1. The molecule has 0 unspecified atom stereocenters. The maximum atomic E-state index is 13.1. The van der Waals surface area contributed by atoms with E-state index in [0.29, 0.717) is 6.07 Å². The zero-order valence-corrected chi connectivity index (χ0v) is 15.4. The summed E-state index contributed by atoms with van der Waals surface area (Å²) in [5.41, 5.74) is 4.04. The fourth-order valence-corrected chi connectivity index (χ4v) is 2.88. The van der Waals surface area contributed by atoms with Crippen LogP contribution in [0.3, 0.4) is 0 Å².